The maximum atomic E-state index is 14.2. The van der Waals surface area contributed by atoms with Crippen molar-refractivity contribution in [3.8, 4) is 17.2 Å². The van der Waals surface area contributed by atoms with Gasteiger partial charge in [0.15, 0.2) is 0 Å². The number of ether oxygens (including phenoxy) is 1. The summed E-state index contributed by atoms with van der Waals surface area (Å²) in [5.41, 5.74) is 8.80. The summed E-state index contributed by atoms with van der Waals surface area (Å²) in [7, 11) is 0. The van der Waals surface area contributed by atoms with Crippen LogP contribution in [0.2, 0.25) is 0 Å². The van der Waals surface area contributed by atoms with E-state index in [2.05, 4.69) is 41.5 Å². The van der Waals surface area contributed by atoms with Crippen molar-refractivity contribution in [3.05, 3.63) is 71.8 Å². The normalized spacial score (nSPS) is 14.3. The molecule has 4 rings (SSSR count). The molecule has 1 aliphatic rings. The summed E-state index contributed by atoms with van der Waals surface area (Å²) in [5, 5.41) is 20.6. The first-order valence-corrected chi connectivity index (χ1v) is 12.5. The number of nitrogens with zero attached hydrogens (tertiary/aromatic N) is 2. The van der Waals surface area contributed by atoms with Crippen molar-refractivity contribution in [2.75, 3.05) is 23.7 Å². The predicted molar refractivity (Wildman–Crippen MR) is 148 cm³/mol. The van der Waals surface area contributed by atoms with E-state index in [9.17, 15) is 15.0 Å². The van der Waals surface area contributed by atoms with Gasteiger partial charge in [0.25, 0.3) is 0 Å². The summed E-state index contributed by atoms with van der Waals surface area (Å²) >= 11 is 0. The summed E-state index contributed by atoms with van der Waals surface area (Å²) in [6, 6.07) is 17.2. The summed E-state index contributed by atoms with van der Waals surface area (Å²) in [5.74, 6) is 0.998. The number of aromatic hydroxyl groups is 2. The molecule has 37 heavy (non-hydrogen) atoms. The Morgan fingerprint density at radius 3 is 1.73 bits per heavy atom. The molecule has 0 radical (unpaired) electrons. The van der Waals surface area contributed by atoms with Gasteiger partial charge in [-0.25, -0.2) is 4.79 Å². The number of hydrogen-bond acceptors (Lipinski definition) is 5. The Balaban J connectivity index is 1.73. The molecule has 1 aliphatic heterocycles. The molecule has 1 heterocycles. The minimum atomic E-state index is -0.346. The molecule has 1 saturated heterocycles. The number of carbonyl (C=O) groups is 1. The maximum Gasteiger partial charge on any atom is 0.329 e. The zero-order valence-corrected chi connectivity index (χ0v) is 22.4. The van der Waals surface area contributed by atoms with Crippen LogP contribution in [0.3, 0.4) is 0 Å². The van der Waals surface area contributed by atoms with Crippen molar-refractivity contribution in [2.45, 2.75) is 58.5 Å². The first-order valence-electron chi connectivity index (χ1n) is 12.5. The van der Waals surface area contributed by atoms with Crippen LogP contribution in [0, 0.1) is 0 Å². The van der Waals surface area contributed by atoms with Gasteiger partial charge in [-0.3, -0.25) is 4.90 Å². The zero-order valence-electron chi connectivity index (χ0n) is 22.4. The van der Waals surface area contributed by atoms with Crippen LogP contribution in [0.5, 0.6) is 17.2 Å². The molecule has 3 aromatic carbocycles. The third-order valence-corrected chi connectivity index (χ3v) is 6.55. The second-order valence-corrected chi connectivity index (χ2v) is 11.7. The van der Waals surface area contributed by atoms with E-state index in [0.29, 0.717) is 35.9 Å². The number of nitrogen functional groups attached to an aromatic ring is 1. The lowest BCUT2D eigenvalue weighted by molar-refractivity contribution is 0.0477. The Morgan fingerprint density at radius 2 is 1.30 bits per heavy atom. The lowest BCUT2D eigenvalue weighted by Gasteiger charge is -2.43. The van der Waals surface area contributed by atoms with Crippen molar-refractivity contribution in [2.24, 2.45) is 0 Å². The third kappa shape index (κ3) is 5.61. The second-order valence-electron chi connectivity index (χ2n) is 11.7. The van der Waals surface area contributed by atoms with E-state index in [4.69, 9.17) is 10.5 Å². The summed E-state index contributed by atoms with van der Waals surface area (Å²) in [6.45, 7) is 13.2. The lowest BCUT2D eigenvalue weighted by atomic mass is 9.83. The summed E-state index contributed by atoms with van der Waals surface area (Å²) in [6.07, 6.45) is -0.127. The highest BCUT2D eigenvalue weighted by Crippen LogP contribution is 2.43. The third-order valence-electron chi connectivity index (χ3n) is 6.55. The van der Waals surface area contributed by atoms with Crippen LogP contribution in [-0.4, -0.2) is 40.3 Å². The van der Waals surface area contributed by atoms with Crippen molar-refractivity contribution in [1.82, 2.24) is 4.90 Å². The van der Waals surface area contributed by atoms with Crippen molar-refractivity contribution in [3.63, 3.8) is 0 Å². The number of anilines is 3. The first kappa shape index (κ1) is 26.2. The van der Waals surface area contributed by atoms with Crippen molar-refractivity contribution >= 4 is 23.1 Å². The first-order chi connectivity index (χ1) is 17.2. The number of likely N-dealkylation sites (tertiary alicyclic amines) is 1. The fourth-order valence-electron chi connectivity index (χ4n) is 4.52. The molecule has 2 amide bonds. The summed E-state index contributed by atoms with van der Waals surface area (Å²) in [4.78, 5) is 17.6. The number of amides is 2. The van der Waals surface area contributed by atoms with E-state index in [0.717, 1.165) is 11.1 Å². The standard InChI is InChI=1S/C30H37N3O4/c1-29(2,3)24-15-20(34)9-13-26(24)33(27-14-10-21(35)16-25(27)30(4,5)6)28(36)32-17-23(18-32)37-22-11-7-19(31)8-12-22/h7-16,23,34-35H,17-18,31H2,1-6H3. The Kier molecular flexibility index (Phi) is 6.76. The molecule has 4 N–H and O–H groups in total. The molecular weight excluding hydrogens is 466 g/mol. The smallest absolute Gasteiger partial charge is 0.329 e. The van der Waals surface area contributed by atoms with Gasteiger partial charge >= 0.3 is 6.03 Å². The molecule has 0 aliphatic carbocycles. The maximum absolute atomic E-state index is 14.2. The Hall–Kier alpha value is -3.87. The molecule has 3 aromatic rings. The Bertz CT molecular complexity index is 1220. The van der Waals surface area contributed by atoms with E-state index in [1.54, 1.807) is 58.3 Å². The van der Waals surface area contributed by atoms with Gasteiger partial charge in [-0.2, -0.15) is 0 Å². The van der Waals surface area contributed by atoms with Gasteiger partial charge in [0.2, 0.25) is 0 Å². The van der Waals surface area contributed by atoms with Crippen molar-refractivity contribution < 1.29 is 19.7 Å². The van der Waals surface area contributed by atoms with Crippen LogP contribution < -0.4 is 15.4 Å². The minimum Gasteiger partial charge on any atom is -0.508 e. The number of carbonyl (C=O) groups excluding carboxylic acids is 1. The largest absolute Gasteiger partial charge is 0.508 e. The van der Waals surface area contributed by atoms with Gasteiger partial charge in [0, 0.05) is 5.69 Å². The fourth-order valence-corrected chi connectivity index (χ4v) is 4.52. The number of urea groups is 1. The van der Waals surface area contributed by atoms with E-state index in [1.165, 1.54) is 0 Å². The average Bonchev–Trinajstić information content (AvgIpc) is 2.77. The van der Waals surface area contributed by atoms with Gasteiger partial charge in [0.05, 0.1) is 24.5 Å². The van der Waals surface area contributed by atoms with Crippen LogP contribution >= 0.6 is 0 Å². The average molecular weight is 504 g/mol. The monoisotopic (exact) mass is 503 g/mol. The minimum absolute atomic E-state index is 0.127. The van der Waals surface area contributed by atoms with Gasteiger partial charge in [-0.05, 0) is 82.6 Å². The molecule has 7 heteroatoms. The molecule has 7 nitrogen and oxygen atoms in total. The zero-order chi connectivity index (χ0) is 27.1. The molecule has 0 bridgehead atoms. The molecule has 196 valence electrons. The van der Waals surface area contributed by atoms with Crippen LogP contribution in [0.4, 0.5) is 21.9 Å². The van der Waals surface area contributed by atoms with Crippen LogP contribution in [0.1, 0.15) is 52.7 Å². The molecule has 0 aromatic heterocycles. The Morgan fingerprint density at radius 1 is 0.838 bits per heavy atom. The SMILES string of the molecule is CC(C)(C)c1cc(O)ccc1N(C(=O)N1CC(Oc2ccc(N)cc2)C1)c1ccc(O)cc1C(C)(C)C. The fraction of sp³-hybridized carbons (Fsp3) is 0.367. The van der Waals surface area contributed by atoms with Crippen LogP contribution in [0.25, 0.3) is 0 Å². The molecule has 0 unspecified atom stereocenters. The number of rotatable bonds is 4. The van der Waals surface area contributed by atoms with E-state index in [1.807, 2.05) is 12.1 Å². The highest BCUT2D eigenvalue weighted by molar-refractivity contribution is 6.02. The molecule has 0 saturated carbocycles. The number of nitrogens with two attached hydrogens (primary N) is 1. The highest BCUT2D eigenvalue weighted by atomic mass is 16.5. The Labute approximate surface area is 219 Å². The van der Waals surface area contributed by atoms with E-state index in [-0.39, 0.29) is 34.5 Å². The second kappa shape index (κ2) is 9.54. The van der Waals surface area contributed by atoms with Gasteiger partial charge in [-0.15, -0.1) is 0 Å². The predicted octanol–water partition coefficient (Wildman–Crippen LogP) is 6.30. The van der Waals surface area contributed by atoms with Crippen LogP contribution in [-0.2, 0) is 10.8 Å². The molecule has 1 fully saturated rings. The molecule has 0 spiro atoms. The summed E-state index contributed by atoms with van der Waals surface area (Å²) < 4.78 is 6.03. The molecule has 0 atom stereocenters. The topological polar surface area (TPSA) is 99.3 Å². The number of phenolic OH excluding ortho intramolecular Hbond substituents is 2. The number of benzene rings is 3. The number of hydrogen-bond donors (Lipinski definition) is 3. The lowest BCUT2D eigenvalue weighted by Crippen LogP contribution is -2.59. The quantitative estimate of drug-likeness (QED) is 0.363. The number of phenols is 2. The van der Waals surface area contributed by atoms with Gasteiger partial charge < -0.3 is 25.6 Å². The highest BCUT2D eigenvalue weighted by Gasteiger charge is 2.39. The van der Waals surface area contributed by atoms with Crippen LogP contribution in [0.15, 0.2) is 60.7 Å². The van der Waals surface area contributed by atoms with Crippen molar-refractivity contribution in [1.29, 1.82) is 0 Å². The van der Waals surface area contributed by atoms with Gasteiger partial charge in [0.1, 0.15) is 23.4 Å². The van der Waals surface area contributed by atoms with Gasteiger partial charge in [-0.1, -0.05) is 41.5 Å². The van der Waals surface area contributed by atoms with E-state index >= 15 is 0 Å². The molecular formula is C30H37N3O4. The van der Waals surface area contributed by atoms with E-state index < -0.39 is 0 Å².